The van der Waals surface area contributed by atoms with Crippen molar-refractivity contribution >= 4 is 12.1 Å². The molecule has 0 aromatic carbocycles. The Kier molecular flexibility index (Phi) is 3.16. The van der Waals surface area contributed by atoms with Crippen molar-refractivity contribution in [3.63, 3.8) is 0 Å². The first-order valence-corrected chi connectivity index (χ1v) is 8.65. The van der Waals surface area contributed by atoms with Crippen LogP contribution in [0.2, 0.25) is 0 Å². The molecule has 4 saturated carbocycles. The van der Waals surface area contributed by atoms with E-state index in [0.29, 0.717) is 16.7 Å². The van der Waals surface area contributed by atoms with Crippen molar-refractivity contribution in [3.8, 4) is 0 Å². The van der Waals surface area contributed by atoms with Gasteiger partial charge in [-0.1, -0.05) is 19.9 Å². The third-order valence-corrected chi connectivity index (χ3v) is 6.16. The summed E-state index contributed by atoms with van der Waals surface area (Å²) in [5.41, 5.74) is 4.06. The molecule has 5 rings (SSSR count). The second-order valence-electron chi connectivity index (χ2n) is 8.86. The number of carbonyl (C=O) groups is 1. The normalized spacial score (nSPS) is 41.4. The summed E-state index contributed by atoms with van der Waals surface area (Å²) in [6, 6.07) is 5.66. The fourth-order valence-corrected chi connectivity index (χ4v) is 6.43. The van der Waals surface area contributed by atoms with E-state index in [1.165, 1.54) is 19.3 Å². The van der Waals surface area contributed by atoms with E-state index >= 15 is 0 Å². The number of pyridine rings is 1. The van der Waals surface area contributed by atoms with Crippen molar-refractivity contribution in [2.24, 2.45) is 27.3 Å². The Balaban J connectivity index is 1.51. The smallest absolute Gasteiger partial charge is 0.246 e. The molecule has 122 valence electrons. The summed E-state index contributed by atoms with van der Waals surface area (Å²) in [6.45, 7) is 4.77. The molecule has 23 heavy (non-hydrogen) atoms. The highest BCUT2D eigenvalue weighted by Gasteiger charge is 2.62. The number of hydrogen-bond acceptors (Lipinski definition) is 3. The predicted molar refractivity (Wildman–Crippen MR) is 89.8 cm³/mol. The van der Waals surface area contributed by atoms with Crippen LogP contribution in [0, 0.1) is 22.2 Å². The fourth-order valence-electron chi connectivity index (χ4n) is 6.43. The molecule has 4 nitrogen and oxygen atoms in total. The van der Waals surface area contributed by atoms with Crippen molar-refractivity contribution in [3.05, 3.63) is 30.1 Å². The standard InChI is InChI=1S/C19H25N3O/c1-17-7-14-8-18(2,11-17)13-19(9-14,12-17)16(23)22-21-10-15-5-3-4-6-20-15/h3-6,10,14H,7-9,11-13H2,1-2H3,(H,22,23)/b21-10+. The van der Waals surface area contributed by atoms with Gasteiger partial charge in [-0.15, -0.1) is 0 Å². The van der Waals surface area contributed by atoms with Gasteiger partial charge in [-0.05, 0) is 67.4 Å². The Morgan fingerprint density at radius 1 is 1.22 bits per heavy atom. The molecule has 1 N–H and O–H groups in total. The van der Waals surface area contributed by atoms with E-state index in [9.17, 15) is 4.79 Å². The van der Waals surface area contributed by atoms with Gasteiger partial charge < -0.3 is 0 Å². The lowest BCUT2D eigenvalue weighted by Gasteiger charge is -2.64. The summed E-state index contributed by atoms with van der Waals surface area (Å²) >= 11 is 0. The number of carbonyl (C=O) groups excluding carboxylic acids is 1. The highest BCUT2D eigenvalue weighted by Crippen LogP contribution is 2.69. The van der Waals surface area contributed by atoms with Crippen LogP contribution in [0.1, 0.15) is 58.1 Å². The summed E-state index contributed by atoms with van der Waals surface area (Å²) < 4.78 is 0. The van der Waals surface area contributed by atoms with Crippen LogP contribution in [0.5, 0.6) is 0 Å². The SMILES string of the molecule is CC12CC3CC(C)(C1)CC(C(=O)N/N=C/c1ccccn1)(C3)C2. The van der Waals surface area contributed by atoms with Crippen LogP contribution >= 0.6 is 0 Å². The summed E-state index contributed by atoms with van der Waals surface area (Å²) in [5, 5.41) is 4.16. The third-order valence-electron chi connectivity index (χ3n) is 6.16. The van der Waals surface area contributed by atoms with Crippen molar-refractivity contribution in [1.29, 1.82) is 0 Å². The lowest BCUT2D eigenvalue weighted by Crippen LogP contribution is -2.59. The van der Waals surface area contributed by atoms with Gasteiger partial charge in [-0.2, -0.15) is 5.10 Å². The zero-order valence-electron chi connectivity index (χ0n) is 14.0. The first kappa shape index (κ1) is 14.9. The molecule has 0 radical (unpaired) electrons. The van der Waals surface area contributed by atoms with Gasteiger partial charge in [0.1, 0.15) is 0 Å². The number of nitrogens with one attached hydrogen (secondary N) is 1. The Morgan fingerprint density at radius 3 is 2.57 bits per heavy atom. The number of hydrogen-bond donors (Lipinski definition) is 1. The average molecular weight is 311 g/mol. The maximum absolute atomic E-state index is 12.9. The van der Waals surface area contributed by atoms with Gasteiger partial charge in [0.05, 0.1) is 17.3 Å². The molecule has 4 fully saturated rings. The minimum absolute atomic E-state index is 0.117. The molecule has 1 amide bonds. The second kappa shape index (κ2) is 4.89. The van der Waals surface area contributed by atoms with Crippen LogP contribution in [0.25, 0.3) is 0 Å². The molecule has 4 heteroatoms. The van der Waals surface area contributed by atoms with Gasteiger partial charge in [0.25, 0.3) is 0 Å². The van der Waals surface area contributed by atoms with E-state index in [4.69, 9.17) is 0 Å². The summed E-state index contributed by atoms with van der Waals surface area (Å²) in [5.74, 6) is 0.831. The topological polar surface area (TPSA) is 54.4 Å². The van der Waals surface area contributed by atoms with E-state index in [1.807, 2.05) is 18.2 Å². The van der Waals surface area contributed by atoms with Crippen molar-refractivity contribution < 1.29 is 4.79 Å². The van der Waals surface area contributed by atoms with Crippen LogP contribution in [-0.2, 0) is 4.79 Å². The minimum Gasteiger partial charge on any atom is -0.273 e. The van der Waals surface area contributed by atoms with Crippen LogP contribution in [0.4, 0.5) is 0 Å². The van der Waals surface area contributed by atoms with Gasteiger partial charge in [0, 0.05) is 6.20 Å². The number of hydrazone groups is 1. The number of amides is 1. The van der Waals surface area contributed by atoms with Gasteiger partial charge in [-0.25, -0.2) is 5.43 Å². The van der Waals surface area contributed by atoms with Gasteiger partial charge in [0.15, 0.2) is 0 Å². The summed E-state index contributed by atoms with van der Waals surface area (Å²) in [7, 11) is 0. The Morgan fingerprint density at radius 2 is 1.96 bits per heavy atom. The average Bonchev–Trinajstić information content (AvgIpc) is 2.44. The molecule has 2 unspecified atom stereocenters. The molecule has 1 heterocycles. The van der Waals surface area contributed by atoms with Crippen LogP contribution < -0.4 is 5.43 Å². The number of aromatic nitrogens is 1. The largest absolute Gasteiger partial charge is 0.273 e. The first-order chi connectivity index (χ1) is 10.9. The molecule has 1 aromatic rings. The first-order valence-electron chi connectivity index (χ1n) is 8.65. The van der Waals surface area contributed by atoms with Gasteiger partial charge in [-0.3, -0.25) is 9.78 Å². The van der Waals surface area contributed by atoms with Crippen LogP contribution in [-0.4, -0.2) is 17.1 Å². The third kappa shape index (κ3) is 2.58. The molecule has 4 aliphatic carbocycles. The molecule has 2 atom stereocenters. The zero-order valence-corrected chi connectivity index (χ0v) is 14.0. The van der Waals surface area contributed by atoms with E-state index < -0.39 is 0 Å². The highest BCUT2D eigenvalue weighted by atomic mass is 16.2. The Labute approximate surface area is 137 Å². The maximum atomic E-state index is 12.9. The van der Waals surface area contributed by atoms with E-state index in [1.54, 1.807) is 12.4 Å². The van der Waals surface area contributed by atoms with Crippen molar-refractivity contribution in [1.82, 2.24) is 10.4 Å². The molecule has 0 saturated heterocycles. The Bertz CT molecular complexity index is 636. The number of rotatable bonds is 3. The van der Waals surface area contributed by atoms with E-state index in [-0.39, 0.29) is 11.3 Å². The Hall–Kier alpha value is -1.71. The van der Waals surface area contributed by atoms with E-state index in [2.05, 4.69) is 29.4 Å². The quantitative estimate of drug-likeness (QED) is 0.686. The molecule has 0 aliphatic heterocycles. The van der Waals surface area contributed by atoms with E-state index in [0.717, 1.165) is 25.0 Å². The molecule has 1 aromatic heterocycles. The van der Waals surface area contributed by atoms with Gasteiger partial charge in [0.2, 0.25) is 5.91 Å². The molecular weight excluding hydrogens is 286 g/mol. The summed E-state index contributed by atoms with van der Waals surface area (Å²) in [4.78, 5) is 17.1. The lowest BCUT2D eigenvalue weighted by molar-refractivity contribution is -0.170. The highest BCUT2D eigenvalue weighted by molar-refractivity contribution is 5.85. The molecule has 4 bridgehead atoms. The van der Waals surface area contributed by atoms with Gasteiger partial charge >= 0.3 is 0 Å². The fraction of sp³-hybridized carbons (Fsp3) is 0.632. The van der Waals surface area contributed by atoms with Crippen molar-refractivity contribution in [2.45, 2.75) is 52.4 Å². The predicted octanol–water partition coefficient (Wildman–Crippen LogP) is 3.53. The summed E-state index contributed by atoms with van der Waals surface area (Å²) in [6.07, 6.45) is 10.3. The van der Waals surface area contributed by atoms with Crippen molar-refractivity contribution in [2.75, 3.05) is 0 Å². The minimum atomic E-state index is -0.204. The lowest BCUT2D eigenvalue weighted by atomic mass is 9.40. The van der Waals surface area contributed by atoms with Crippen LogP contribution in [0.15, 0.2) is 29.5 Å². The second-order valence-corrected chi connectivity index (χ2v) is 8.86. The monoisotopic (exact) mass is 311 g/mol. The molecule has 0 spiro atoms. The zero-order chi connectivity index (χ0) is 16.1. The van der Waals surface area contributed by atoms with Crippen LogP contribution in [0.3, 0.4) is 0 Å². The molecule has 4 aliphatic rings. The molecular formula is C19H25N3O. The number of nitrogens with zero attached hydrogens (tertiary/aromatic N) is 2. The maximum Gasteiger partial charge on any atom is 0.246 e.